The molecular formula is C29H31N5O4. The molecule has 2 aliphatic rings. The van der Waals surface area contributed by atoms with E-state index in [1.165, 1.54) is 11.9 Å². The van der Waals surface area contributed by atoms with Crippen LogP contribution in [-0.4, -0.2) is 72.7 Å². The van der Waals surface area contributed by atoms with Crippen LogP contribution in [0.4, 0.5) is 4.79 Å². The third-order valence-electron chi connectivity index (χ3n) is 6.97. The Hall–Kier alpha value is -4.13. The van der Waals surface area contributed by atoms with Gasteiger partial charge in [0.25, 0.3) is 5.56 Å². The number of urea groups is 1. The Balaban J connectivity index is 1.26. The van der Waals surface area contributed by atoms with E-state index in [4.69, 9.17) is 0 Å². The van der Waals surface area contributed by atoms with Gasteiger partial charge in [-0.25, -0.2) is 9.78 Å². The first-order valence-corrected chi connectivity index (χ1v) is 12.7. The molecule has 1 unspecified atom stereocenters. The van der Waals surface area contributed by atoms with Crippen molar-refractivity contribution in [2.75, 3.05) is 19.6 Å². The van der Waals surface area contributed by atoms with Crippen LogP contribution >= 0.6 is 0 Å². The van der Waals surface area contributed by atoms with Crippen LogP contribution < -0.4 is 5.56 Å². The summed E-state index contributed by atoms with van der Waals surface area (Å²) in [4.78, 5) is 36.9. The van der Waals surface area contributed by atoms with Crippen molar-refractivity contribution >= 4 is 6.03 Å². The summed E-state index contributed by atoms with van der Waals surface area (Å²) in [6.07, 6.45) is 1.03. The lowest BCUT2D eigenvalue weighted by Crippen LogP contribution is -2.49. The van der Waals surface area contributed by atoms with Crippen LogP contribution in [0.15, 0.2) is 59.7 Å². The van der Waals surface area contributed by atoms with Crippen molar-refractivity contribution in [3.05, 3.63) is 93.2 Å². The molecule has 2 aliphatic heterocycles. The average molecular weight is 514 g/mol. The lowest BCUT2D eigenvalue weighted by molar-refractivity contribution is -0.00286. The number of aliphatic hydroxyl groups is 1. The summed E-state index contributed by atoms with van der Waals surface area (Å²) in [7, 11) is 0. The number of aromatic hydroxyl groups is 1. The molecule has 2 aromatic carbocycles. The highest BCUT2D eigenvalue weighted by Crippen LogP contribution is 2.33. The number of benzene rings is 2. The van der Waals surface area contributed by atoms with E-state index in [9.17, 15) is 19.8 Å². The number of nitrogens with zero attached hydrogens (tertiary/aromatic N) is 4. The molecule has 3 N–H and O–H groups in total. The Morgan fingerprint density at radius 1 is 0.974 bits per heavy atom. The third-order valence-corrected chi connectivity index (χ3v) is 6.97. The lowest BCUT2D eigenvalue weighted by atomic mass is 10.0. The summed E-state index contributed by atoms with van der Waals surface area (Å²) in [5, 5.41) is 19.5. The number of aliphatic hydroxyl groups excluding tert-OH is 1. The molecule has 0 radical (unpaired) electrons. The molecule has 0 aliphatic carbocycles. The molecule has 2 saturated heterocycles. The molecule has 9 heteroatoms. The van der Waals surface area contributed by atoms with Crippen molar-refractivity contribution < 1.29 is 15.0 Å². The van der Waals surface area contributed by atoms with Gasteiger partial charge in [-0.3, -0.25) is 9.69 Å². The Kier molecular flexibility index (Phi) is 7.18. The fraction of sp³-hybridized carbons (Fsp3) is 0.345. The van der Waals surface area contributed by atoms with Crippen molar-refractivity contribution in [2.45, 2.75) is 45.1 Å². The zero-order chi connectivity index (χ0) is 26.8. The first-order chi connectivity index (χ1) is 18.3. The number of likely N-dealkylation sites (tertiary alicyclic amines) is 1. The van der Waals surface area contributed by atoms with Gasteiger partial charge in [0.05, 0.1) is 25.0 Å². The van der Waals surface area contributed by atoms with Crippen LogP contribution in [0.3, 0.4) is 0 Å². The Morgan fingerprint density at radius 3 is 2.21 bits per heavy atom. The molecule has 1 atom stereocenters. The highest BCUT2D eigenvalue weighted by Gasteiger charge is 2.40. The number of β-amino-alcohol motifs (C(OH)–C–C–N with tert-alkyl or cyclic N) is 1. The smallest absolute Gasteiger partial charge is 0.321 e. The van der Waals surface area contributed by atoms with Gasteiger partial charge < -0.3 is 25.0 Å². The number of aromatic amines is 1. The van der Waals surface area contributed by atoms with Gasteiger partial charge in [-0.2, -0.15) is 0 Å². The molecule has 3 aromatic rings. The number of H-pyrrole nitrogens is 1. The number of carbonyl (C=O) groups excluding carboxylic acids is 1. The maximum Gasteiger partial charge on any atom is 0.321 e. The summed E-state index contributed by atoms with van der Waals surface area (Å²) >= 11 is 0. The minimum absolute atomic E-state index is 0.0353. The molecule has 0 spiro atoms. The van der Waals surface area contributed by atoms with E-state index in [1.807, 2.05) is 55.1 Å². The molecule has 1 aromatic heterocycles. The topological polar surface area (TPSA) is 113 Å². The minimum atomic E-state index is -0.626. The average Bonchev–Trinajstić information content (AvgIpc) is 3.21. The van der Waals surface area contributed by atoms with Crippen molar-refractivity contribution in [3.8, 4) is 17.6 Å². The van der Waals surface area contributed by atoms with Gasteiger partial charge in [0.1, 0.15) is 5.69 Å². The molecule has 2 amide bonds. The highest BCUT2D eigenvalue weighted by molar-refractivity contribution is 5.78. The van der Waals surface area contributed by atoms with Gasteiger partial charge >= 0.3 is 6.03 Å². The Labute approximate surface area is 221 Å². The molecule has 196 valence electrons. The maximum absolute atomic E-state index is 13.2. The minimum Gasteiger partial charge on any atom is -0.502 e. The first kappa shape index (κ1) is 25.5. The Morgan fingerprint density at radius 2 is 1.61 bits per heavy atom. The predicted octanol–water partition coefficient (Wildman–Crippen LogP) is 2.44. The first-order valence-electron chi connectivity index (χ1n) is 12.7. The SMILES string of the molecule is CC(C)N1C(=O)N(Cc2nc[nH]c(=O)c2O)CC1c1ccc(C#Cc2ccc(CN3CC(O)C3)cc2)cc1. The standard InChI is InChI=1S/C29H31N5O4/c1-19(2)34-26(17-33(29(34)38)16-25-27(36)28(37)31-18-30-25)23-11-9-21(10-12-23)4-3-20-5-7-22(8-6-20)13-32-14-24(35)15-32/h5-12,18-19,24,26,35-36H,13-17H2,1-2H3,(H,30,31,37). The van der Waals surface area contributed by atoms with E-state index in [-0.39, 0.29) is 36.5 Å². The quantitative estimate of drug-likeness (QED) is 0.437. The summed E-state index contributed by atoms with van der Waals surface area (Å²) in [5.41, 5.74) is 3.54. The summed E-state index contributed by atoms with van der Waals surface area (Å²) in [6.45, 7) is 6.70. The van der Waals surface area contributed by atoms with Crippen LogP contribution in [0.5, 0.6) is 5.75 Å². The van der Waals surface area contributed by atoms with Crippen LogP contribution in [0, 0.1) is 11.8 Å². The fourth-order valence-corrected chi connectivity index (χ4v) is 4.93. The predicted molar refractivity (Wildman–Crippen MR) is 142 cm³/mol. The molecule has 9 nitrogen and oxygen atoms in total. The molecule has 2 fully saturated rings. The molecule has 38 heavy (non-hydrogen) atoms. The molecule has 5 rings (SSSR count). The highest BCUT2D eigenvalue weighted by atomic mass is 16.3. The molecule has 0 saturated carbocycles. The maximum atomic E-state index is 13.2. The zero-order valence-corrected chi connectivity index (χ0v) is 21.5. The van der Waals surface area contributed by atoms with Crippen LogP contribution in [0.2, 0.25) is 0 Å². The van der Waals surface area contributed by atoms with Gasteiger partial charge in [-0.1, -0.05) is 36.1 Å². The van der Waals surface area contributed by atoms with E-state index in [2.05, 4.69) is 38.8 Å². The second kappa shape index (κ2) is 10.7. The normalized spacial score (nSPS) is 18.0. The summed E-state index contributed by atoms with van der Waals surface area (Å²) in [6, 6.07) is 15.7. The zero-order valence-electron chi connectivity index (χ0n) is 21.5. The molecule has 0 bridgehead atoms. The van der Waals surface area contributed by atoms with Gasteiger partial charge in [0.2, 0.25) is 5.75 Å². The van der Waals surface area contributed by atoms with Crippen molar-refractivity contribution in [2.24, 2.45) is 0 Å². The fourth-order valence-electron chi connectivity index (χ4n) is 4.93. The molecular weight excluding hydrogens is 482 g/mol. The van der Waals surface area contributed by atoms with Crippen LogP contribution in [0.25, 0.3) is 0 Å². The second-order valence-electron chi connectivity index (χ2n) is 10.1. The van der Waals surface area contributed by atoms with E-state index in [0.29, 0.717) is 6.54 Å². The van der Waals surface area contributed by atoms with Gasteiger partial charge in [0, 0.05) is 43.3 Å². The van der Waals surface area contributed by atoms with E-state index < -0.39 is 11.3 Å². The number of carbonyl (C=O) groups is 1. The number of aromatic nitrogens is 2. The molecule has 3 heterocycles. The third kappa shape index (κ3) is 5.42. The summed E-state index contributed by atoms with van der Waals surface area (Å²) < 4.78 is 0. The largest absolute Gasteiger partial charge is 0.502 e. The number of nitrogens with one attached hydrogen (secondary N) is 1. The second-order valence-corrected chi connectivity index (χ2v) is 10.1. The summed E-state index contributed by atoms with van der Waals surface area (Å²) in [5.74, 6) is 5.95. The van der Waals surface area contributed by atoms with E-state index in [1.54, 1.807) is 4.90 Å². The van der Waals surface area contributed by atoms with Crippen molar-refractivity contribution in [1.29, 1.82) is 0 Å². The lowest BCUT2D eigenvalue weighted by Gasteiger charge is -2.35. The van der Waals surface area contributed by atoms with E-state index in [0.717, 1.165) is 36.3 Å². The number of amides is 2. The Bertz CT molecular complexity index is 1420. The van der Waals surface area contributed by atoms with Gasteiger partial charge in [-0.15, -0.1) is 0 Å². The van der Waals surface area contributed by atoms with Crippen LogP contribution in [0.1, 0.15) is 47.8 Å². The van der Waals surface area contributed by atoms with Crippen LogP contribution in [-0.2, 0) is 13.1 Å². The number of hydrogen-bond donors (Lipinski definition) is 3. The number of hydrogen-bond acceptors (Lipinski definition) is 6. The van der Waals surface area contributed by atoms with Gasteiger partial charge in [-0.05, 0) is 49.2 Å². The van der Waals surface area contributed by atoms with E-state index >= 15 is 0 Å². The monoisotopic (exact) mass is 513 g/mol. The van der Waals surface area contributed by atoms with Crippen molar-refractivity contribution in [1.82, 2.24) is 24.7 Å². The number of rotatable bonds is 6. The van der Waals surface area contributed by atoms with Gasteiger partial charge in [0.15, 0.2) is 0 Å². The van der Waals surface area contributed by atoms with Crippen molar-refractivity contribution in [3.63, 3.8) is 0 Å².